The zero-order chi connectivity index (χ0) is 42.6. The maximum atomic E-state index is 14.4. The minimum atomic E-state index is -1.38. The zero-order valence-corrected chi connectivity index (χ0v) is 35.1. The van der Waals surface area contributed by atoms with Crippen LogP contribution in [-0.4, -0.2) is 108 Å². The van der Waals surface area contributed by atoms with Gasteiger partial charge in [0.15, 0.2) is 6.10 Å². The minimum absolute atomic E-state index is 0.0478. The van der Waals surface area contributed by atoms with Crippen LogP contribution < -0.4 is 16.0 Å². The van der Waals surface area contributed by atoms with Crippen molar-refractivity contribution >= 4 is 41.5 Å². The Balaban J connectivity index is 2.14. The highest BCUT2D eigenvalue weighted by Crippen LogP contribution is 2.30. The second-order valence-corrected chi connectivity index (χ2v) is 16.5. The molecule has 7 unspecified atom stereocenters. The Bertz CT molecular complexity index is 1640. The van der Waals surface area contributed by atoms with Gasteiger partial charge < -0.3 is 35.2 Å². The summed E-state index contributed by atoms with van der Waals surface area (Å²) in [4.78, 5) is 101. The van der Waals surface area contributed by atoms with Gasteiger partial charge in [-0.2, -0.15) is 0 Å². The molecule has 3 rings (SSSR count). The Hall–Kier alpha value is -4.93. The van der Waals surface area contributed by atoms with Gasteiger partial charge in [-0.15, -0.1) is 12.3 Å². The quantitative estimate of drug-likeness (QED) is 0.192. The number of hydrogen-bond donors (Lipinski definition) is 3. The molecule has 0 bridgehead atoms. The van der Waals surface area contributed by atoms with Gasteiger partial charge in [0.05, 0.1) is 5.41 Å². The number of nitrogens with zero attached hydrogens (tertiary/aromatic N) is 2. The molecule has 1 aromatic carbocycles. The molecule has 2 aliphatic rings. The van der Waals surface area contributed by atoms with Gasteiger partial charge in [-0.05, 0) is 62.8 Å². The highest BCUT2D eigenvalue weighted by molar-refractivity contribution is 5.96. The fourth-order valence-electron chi connectivity index (χ4n) is 7.10. The second kappa shape index (κ2) is 21.0. The number of likely N-dealkylation sites (N-methyl/N-ethyl adjacent to an activating group) is 1. The van der Waals surface area contributed by atoms with Crippen LogP contribution in [0.3, 0.4) is 0 Å². The average Bonchev–Trinajstić information content (AvgIpc) is 3.68. The van der Waals surface area contributed by atoms with Crippen LogP contribution >= 0.6 is 0 Å². The smallest absolute Gasteiger partial charge is 0.329 e. The molecule has 57 heavy (non-hydrogen) atoms. The number of nitrogens with one attached hydrogen (secondary N) is 3. The van der Waals surface area contributed by atoms with Crippen molar-refractivity contribution in [2.24, 2.45) is 23.2 Å². The summed E-state index contributed by atoms with van der Waals surface area (Å²) in [5.74, 6) is -3.27. The van der Waals surface area contributed by atoms with E-state index in [0.29, 0.717) is 32.1 Å². The van der Waals surface area contributed by atoms with Crippen molar-refractivity contribution in [1.29, 1.82) is 0 Å². The van der Waals surface area contributed by atoms with Gasteiger partial charge in [-0.25, -0.2) is 4.79 Å². The lowest BCUT2D eigenvalue weighted by molar-refractivity contribution is -0.170. The second-order valence-electron chi connectivity index (χ2n) is 16.5. The monoisotopic (exact) mass is 793 g/mol. The Kier molecular flexibility index (Phi) is 17.1. The summed E-state index contributed by atoms with van der Waals surface area (Å²) in [7, 11) is 1.46. The number of benzene rings is 1. The number of hydrogen-bond acceptors (Lipinski definition) is 9. The number of terminal acetylenes is 1. The number of esters is 2. The largest absolute Gasteiger partial charge is 0.460 e. The molecule has 2 heterocycles. The predicted molar refractivity (Wildman–Crippen MR) is 214 cm³/mol. The first-order valence-electron chi connectivity index (χ1n) is 20.2. The first-order chi connectivity index (χ1) is 26.8. The zero-order valence-electron chi connectivity index (χ0n) is 35.1. The van der Waals surface area contributed by atoms with Crippen LogP contribution in [0.15, 0.2) is 30.3 Å². The van der Waals surface area contributed by atoms with Crippen LogP contribution in [0.5, 0.6) is 0 Å². The first kappa shape index (κ1) is 46.5. The molecular weight excluding hydrogens is 730 g/mol. The summed E-state index contributed by atoms with van der Waals surface area (Å²) < 4.78 is 11.9. The number of fused-ring (bicyclic) bond motifs is 1. The van der Waals surface area contributed by atoms with E-state index in [2.05, 4.69) is 21.9 Å². The molecule has 0 saturated carbocycles. The number of carbonyl (C=O) groups excluding carboxylic acids is 7. The standard InChI is InChI=1S/C43H63N5O9/c1-11-13-15-22-32-43(8,9)42(55)46-34(26(3)4)39(52)47(10)31(24-29-19-16-14-17-20-29)41(54)57-36(27(5)6)40(53)48-23-18-21-30(48)37(50)45-35(28(7)12-2)38(51)44-25-33(49)56-32/h1,14,16-17,19-20,26-28,30-32,34-36H,12-13,15,18,21-25H2,2-10H3,(H,44,51)(H,45,50)(H,46,55). The van der Waals surface area contributed by atoms with Gasteiger partial charge in [0.2, 0.25) is 23.6 Å². The van der Waals surface area contributed by atoms with Crippen LogP contribution in [0, 0.1) is 35.5 Å². The summed E-state index contributed by atoms with van der Waals surface area (Å²) >= 11 is 0. The van der Waals surface area contributed by atoms with Gasteiger partial charge in [-0.1, -0.05) is 78.3 Å². The number of amides is 5. The lowest BCUT2D eigenvalue weighted by atomic mass is 9.82. The third-order valence-electron chi connectivity index (χ3n) is 11.2. The van der Waals surface area contributed by atoms with E-state index in [1.165, 1.54) is 16.8 Å². The Morgan fingerprint density at radius 2 is 1.56 bits per heavy atom. The molecule has 0 aliphatic carbocycles. The number of unbranched alkanes of at least 4 members (excludes halogenated alkanes) is 1. The van der Waals surface area contributed by atoms with Crippen molar-refractivity contribution in [1.82, 2.24) is 25.8 Å². The van der Waals surface area contributed by atoms with E-state index in [9.17, 15) is 33.6 Å². The van der Waals surface area contributed by atoms with Crippen LogP contribution in [0.1, 0.15) is 99.5 Å². The summed E-state index contributed by atoms with van der Waals surface area (Å²) in [6, 6.07) is 4.75. The third-order valence-corrected chi connectivity index (χ3v) is 11.2. The molecular formula is C43H63N5O9. The van der Waals surface area contributed by atoms with E-state index in [4.69, 9.17) is 15.9 Å². The maximum absolute atomic E-state index is 14.4. The van der Waals surface area contributed by atoms with Crippen LogP contribution in [-0.2, 0) is 49.5 Å². The summed E-state index contributed by atoms with van der Waals surface area (Å²) in [5.41, 5.74) is -0.655. The Morgan fingerprint density at radius 3 is 2.16 bits per heavy atom. The Morgan fingerprint density at radius 1 is 0.895 bits per heavy atom. The number of rotatable bonds is 9. The highest BCUT2D eigenvalue weighted by Gasteiger charge is 2.45. The molecule has 2 saturated heterocycles. The molecule has 0 radical (unpaired) electrons. The number of cyclic esters (lactones) is 2. The highest BCUT2D eigenvalue weighted by atomic mass is 16.6. The van der Waals surface area contributed by atoms with Gasteiger partial charge in [-0.3, -0.25) is 28.8 Å². The van der Waals surface area contributed by atoms with Crippen LogP contribution in [0.2, 0.25) is 0 Å². The van der Waals surface area contributed by atoms with Gasteiger partial charge in [0.1, 0.15) is 36.8 Å². The first-order valence-corrected chi connectivity index (χ1v) is 20.2. The fourth-order valence-corrected chi connectivity index (χ4v) is 7.10. The molecule has 5 amide bonds. The molecule has 2 aliphatic heterocycles. The van der Waals surface area contributed by atoms with Crippen molar-refractivity contribution in [3.05, 3.63) is 35.9 Å². The van der Waals surface area contributed by atoms with E-state index in [1.807, 2.05) is 25.1 Å². The lowest BCUT2D eigenvalue weighted by Gasteiger charge is -2.37. The third kappa shape index (κ3) is 12.0. The Labute approximate surface area is 337 Å². The summed E-state index contributed by atoms with van der Waals surface area (Å²) in [6.07, 6.45) is 5.60. The molecule has 14 nitrogen and oxygen atoms in total. The predicted octanol–water partition coefficient (Wildman–Crippen LogP) is 3.16. The number of ether oxygens (including phenoxy) is 2. The molecule has 0 aromatic heterocycles. The van der Waals surface area contributed by atoms with Crippen molar-refractivity contribution in [3.8, 4) is 12.3 Å². The van der Waals surface area contributed by atoms with Crippen molar-refractivity contribution < 1.29 is 43.0 Å². The maximum Gasteiger partial charge on any atom is 0.329 e. The van der Waals surface area contributed by atoms with E-state index < -0.39 is 102 Å². The van der Waals surface area contributed by atoms with Gasteiger partial charge in [0, 0.05) is 26.4 Å². The van der Waals surface area contributed by atoms with Crippen LogP contribution in [0.25, 0.3) is 0 Å². The molecule has 314 valence electrons. The molecule has 7 atom stereocenters. The van der Waals surface area contributed by atoms with Crippen molar-refractivity contribution in [2.45, 2.75) is 137 Å². The molecule has 1 aromatic rings. The molecule has 3 N–H and O–H groups in total. The van der Waals surface area contributed by atoms with E-state index in [0.717, 1.165) is 5.56 Å². The number of carbonyl (C=O) groups is 7. The van der Waals surface area contributed by atoms with E-state index >= 15 is 0 Å². The van der Waals surface area contributed by atoms with E-state index in [-0.39, 0.29) is 25.3 Å². The molecule has 0 spiro atoms. The molecule has 2 fully saturated rings. The lowest BCUT2D eigenvalue weighted by Crippen LogP contribution is -2.59. The topological polar surface area (TPSA) is 181 Å². The van der Waals surface area contributed by atoms with E-state index in [1.54, 1.807) is 60.6 Å². The fraction of sp³-hybridized carbons (Fsp3) is 0.651. The van der Waals surface area contributed by atoms with Crippen molar-refractivity contribution in [3.63, 3.8) is 0 Å². The molecule has 14 heteroatoms. The normalized spacial score (nSPS) is 26.6. The SMILES string of the molecule is C#CCCCC1OC(=O)CNC(=O)C(C(C)CC)NC(=O)C2CCCN2C(=O)C(C(C)C)OC(=O)C(Cc2ccccc2)N(C)C(=O)C(C(C)C)NC(=O)C1(C)C. The summed E-state index contributed by atoms with van der Waals surface area (Å²) in [5, 5.41) is 8.27. The van der Waals surface area contributed by atoms with Crippen LogP contribution in [0.4, 0.5) is 0 Å². The average molecular weight is 794 g/mol. The summed E-state index contributed by atoms with van der Waals surface area (Å²) in [6.45, 7) is 13.5. The van der Waals surface area contributed by atoms with Crippen molar-refractivity contribution in [2.75, 3.05) is 20.1 Å². The minimum Gasteiger partial charge on any atom is -0.460 e. The van der Waals surface area contributed by atoms with Gasteiger partial charge >= 0.3 is 11.9 Å². The van der Waals surface area contributed by atoms with Gasteiger partial charge in [0.25, 0.3) is 5.91 Å².